The molecule has 0 saturated carbocycles. The zero-order chi connectivity index (χ0) is 13.7. The van der Waals surface area contributed by atoms with Crippen molar-refractivity contribution < 1.29 is 0 Å². The van der Waals surface area contributed by atoms with Crippen LogP contribution in [0, 0.1) is 9.49 Å². The largest absolute Gasteiger partial charge is 0.311 e. The Morgan fingerprint density at radius 2 is 1.95 bits per heavy atom. The first-order valence-electron chi connectivity index (χ1n) is 6.61. The third-order valence-corrected chi connectivity index (χ3v) is 3.63. The maximum atomic E-state index is 4.41. The van der Waals surface area contributed by atoms with Crippen LogP contribution in [0.5, 0.6) is 0 Å². The van der Waals surface area contributed by atoms with Gasteiger partial charge in [0.15, 0.2) is 0 Å². The van der Waals surface area contributed by atoms with E-state index < -0.39 is 0 Å². The van der Waals surface area contributed by atoms with E-state index in [0.717, 1.165) is 19.6 Å². The number of benzene rings is 1. The molecule has 2 rings (SSSR count). The highest BCUT2D eigenvalue weighted by atomic mass is 127. The van der Waals surface area contributed by atoms with Gasteiger partial charge >= 0.3 is 0 Å². The van der Waals surface area contributed by atoms with Gasteiger partial charge in [-0.25, -0.2) is 0 Å². The number of hydrogen-bond donors (Lipinski definition) is 1. The average Bonchev–Trinajstić information content (AvgIpc) is 2.79. The van der Waals surface area contributed by atoms with Gasteiger partial charge in [0.05, 0.1) is 12.2 Å². The van der Waals surface area contributed by atoms with E-state index >= 15 is 0 Å². The number of rotatable bonds is 6. The normalized spacial score (nSPS) is 11.2. The molecule has 2 aromatic rings. The molecule has 0 aliphatic heterocycles. The summed E-state index contributed by atoms with van der Waals surface area (Å²) in [6.45, 7) is 7.19. The van der Waals surface area contributed by atoms with E-state index in [2.05, 4.69) is 81.9 Å². The first-order valence-corrected chi connectivity index (χ1v) is 7.69. The van der Waals surface area contributed by atoms with Crippen LogP contribution in [-0.4, -0.2) is 16.3 Å². The van der Waals surface area contributed by atoms with Crippen LogP contribution in [-0.2, 0) is 13.1 Å². The van der Waals surface area contributed by atoms with Gasteiger partial charge in [0.2, 0.25) is 0 Å². The summed E-state index contributed by atoms with van der Waals surface area (Å²) in [5, 5.41) is 7.87. The molecule has 0 radical (unpaired) electrons. The molecular formula is C15H20IN3. The maximum absolute atomic E-state index is 4.41. The minimum atomic E-state index is 0.674. The highest BCUT2D eigenvalue weighted by Gasteiger charge is 2.03. The summed E-state index contributed by atoms with van der Waals surface area (Å²) in [5.74, 6) is 0.674. The van der Waals surface area contributed by atoms with Gasteiger partial charge in [-0.3, -0.25) is 4.68 Å². The Labute approximate surface area is 128 Å². The molecule has 3 nitrogen and oxygen atoms in total. The van der Waals surface area contributed by atoms with Gasteiger partial charge in [-0.15, -0.1) is 0 Å². The summed E-state index contributed by atoms with van der Waals surface area (Å²) in [4.78, 5) is 0. The SMILES string of the molecule is CC(C)CNCc1ccnn1Cc1ccc(I)cc1. The lowest BCUT2D eigenvalue weighted by atomic mass is 10.2. The first-order chi connectivity index (χ1) is 9.15. The van der Waals surface area contributed by atoms with E-state index in [1.165, 1.54) is 14.8 Å². The van der Waals surface area contributed by atoms with Gasteiger partial charge in [-0.2, -0.15) is 5.10 Å². The van der Waals surface area contributed by atoms with Gasteiger partial charge in [-0.05, 0) is 58.8 Å². The summed E-state index contributed by atoms with van der Waals surface area (Å²) in [5.41, 5.74) is 2.52. The average molecular weight is 369 g/mol. The second-order valence-electron chi connectivity index (χ2n) is 5.13. The molecule has 1 N–H and O–H groups in total. The molecule has 19 heavy (non-hydrogen) atoms. The van der Waals surface area contributed by atoms with Crippen molar-refractivity contribution >= 4 is 22.6 Å². The number of hydrogen-bond acceptors (Lipinski definition) is 2. The minimum absolute atomic E-state index is 0.674. The number of halogens is 1. The zero-order valence-electron chi connectivity index (χ0n) is 11.4. The highest BCUT2D eigenvalue weighted by molar-refractivity contribution is 14.1. The maximum Gasteiger partial charge on any atom is 0.0663 e. The Balaban J connectivity index is 1.97. The van der Waals surface area contributed by atoms with Gasteiger partial charge in [-0.1, -0.05) is 26.0 Å². The molecule has 0 aliphatic carbocycles. The van der Waals surface area contributed by atoms with Gasteiger partial charge < -0.3 is 5.32 Å². The van der Waals surface area contributed by atoms with Crippen LogP contribution >= 0.6 is 22.6 Å². The molecule has 0 aliphatic rings. The Morgan fingerprint density at radius 1 is 1.21 bits per heavy atom. The second kappa shape index (κ2) is 7.05. The Hall–Kier alpha value is -0.880. The molecule has 0 fully saturated rings. The molecule has 0 saturated heterocycles. The van der Waals surface area contributed by atoms with E-state index in [4.69, 9.17) is 0 Å². The van der Waals surface area contributed by atoms with Gasteiger partial charge in [0.1, 0.15) is 0 Å². The molecule has 0 spiro atoms. The molecule has 1 aromatic carbocycles. The highest BCUT2D eigenvalue weighted by Crippen LogP contribution is 2.09. The lowest BCUT2D eigenvalue weighted by Crippen LogP contribution is -2.21. The van der Waals surface area contributed by atoms with Crippen molar-refractivity contribution in [2.45, 2.75) is 26.9 Å². The van der Waals surface area contributed by atoms with Crippen molar-refractivity contribution in [3.63, 3.8) is 0 Å². The van der Waals surface area contributed by atoms with Crippen molar-refractivity contribution in [2.75, 3.05) is 6.54 Å². The standard InChI is InChI=1S/C15H20IN3/c1-12(2)9-17-10-15-7-8-18-19(15)11-13-3-5-14(16)6-4-13/h3-8,12,17H,9-11H2,1-2H3. The molecule has 102 valence electrons. The summed E-state index contributed by atoms with van der Waals surface area (Å²) in [6, 6.07) is 10.7. The number of nitrogens with zero attached hydrogens (tertiary/aromatic N) is 2. The molecular weight excluding hydrogens is 349 g/mol. The molecule has 0 amide bonds. The van der Waals surface area contributed by atoms with Crippen molar-refractivity contribution in [1.29, 1.82) is 0 Å². The number of nitrogens with one attached hydrogen (secondary N) is 1. The van der Waals surface area contributed by atoms with Crippen LogP contribution in [0.2, 0.25) is 0 Å². The second-order valence-corrected chi connectivity index (χ2v) is 6.38. The fourth-order valence-corrected chi connectivity index (χ4v) is 2.26. The van der Waals surface area contributed by atoms with Gasteiger partial charge in [0, 0.05) is 16.3 Å². The van der Waals surface area contributed by atoms with Crippen molar-refractivity contribution in [3.8, 4) is 0 Å². The number of aromatic nitrogens is 2. The summed E-state index contributed by atoms with van der Waals surface area (Å²) < 4.78 is 3.33. The fourth-order valence-electron chi connectivity index (χ4n) is 1.90. The fraction of sp³-hybridized carbons (Fsp3) is 0.400. The minimum Gasteiger partial charge on any atom is -0.311 e. The van der Waals surface area contributed by atoms with Crippen LogP contribution in [0.1, 0.15) is 25.1 Å². The topological polar surface area (TPSA) is 29.9 Å². The lowest BCUT2D eigenvalue weighted by Gasteiger charge is -2.10. The van der Waals surface area contributed by atoms with Crippen LogP contribution < -0.4 is 5.32 Å². The summed E-state index contributed by atoms with van der Waals surface area (Å²) in [7, 11) is 0. The summed E-state index contributed by atoms with van der Waals surface area (Å²) >= 11 is 2.32. The molecule has 1 aromatic heterocycles. The Kier molecular flexibility index (Phi) is 5.39. The van der Waals surface area contributed by atoms with Crippen molar-refractivity contribution in [3.05, 3.63) is 51.4 Å². The molecule has 0 unspecified atom stereocenters. The quantitative estimate of drug-likeness (QED) is 0.792. The molecule has 1 heterocycles. The Bertz CT molecular complexity index is 502. The summed E-state index contributed by atoms with van der Waals surface area (Å²) in [6.07, 6.45) is 1.87. The first kappa shape index (κ1) is 14.5. The van der Waals surface area contributed by atoms with Crippen LogP contribution in [0.4, 0.5) is 0 Å². The van der Waals surface area contributed by atoms with Crippen molar-refractivity contribution in [2.24, 2.45) is 5.92 Å². The van der Waals surface area contributed by atoms with Crippen LogP contribution in [0.3, 0.4) is 0 Å². The van der Waals surface area contributed by atoms with Crippen LogP contribution in [0.25, 0.3) is 0 Å². The van der Waals surface area contributed by atoms with E-state index in [-0.39, 0.29) is 0 Å². The Morgan fingerprint density at radius 3 is 2.63 bits per heavy atom. The van der Waals surface area contributed by atoms with Crippen LogP contribution in [0.15, 0.2) is 36.5 Å². The van der Waals surface area contributed by atoms with E-state index in [0.29, 0.717) is 5.92 Å². The smallest absolute Gasteiger partial charge is 0.0663 e. The van der Waals surface area contributed by atoms with Crippen molar-refractivity contribution in [1.82, 2.24) is 15.1 Å². The van der Waals surface area contributed by atoms with E-state index in [1.807, 2.05) is 6.20 Å². The van der Waals surface area contributed by atoms with E-state index in [1.54, 1.807) is 0 Å². The third kappa shape index (κ3) is 4.62. The molecule has 0 atom stereocenters. The molecule has 0 bridgehead atoms. The van der Waals surface area contributed by atoms with E-state index in [9.17, 15) is 0 Å². The molecule has 4 heteroatoms. The predicted octanol–water partition coefficient (Wildman–Crippen LogP) is 3.28. The zero-order valence-corrected chi connectivity index (χ0v) is 13.6. The third-order valence-electron chi connectivity index (χ3n) is 2.91. The predicted molar refractivity (Wildman–Crippen MR) is 87.0 cm³/mol. The monoisotopic (exact) mass is 369 g/mol. The lowest BCUT2D eigenvalue weighted by molar-refractivity contribution is 0.529. The van der Waals surface area contributed by atoms with Gasteiger partial charge in [0.25, 0.3) is 0 Å².